The molecule has 1 N–H and O–H groups in total. The molecule has 1 aromatic carbocycles. The van der Waals surface area contributed by atoms with Crippen molar-refractivity contribution in [1.82, 2.24) is 20.0 Å². The smallest absolute Gasteiger partial charge is 0.331 e. The lowest BCUT2D eigenvalue weighted by molar-refractivity contribution is -0.141. The number of carbonyl (C=O) groups is 1. The highest BCUT2D eigenvalue weighted by Gasteiger charge is 2.19. The number of aromatic nitrogens is 4. The fourth-order valence-electron chi connectivity index (χ4n) is 2.40. The summed E-state index contributed by atoms with van der Waals surface area (Å²) >= 11 is 0. The molecule has 0 radical (unpaired) electrons. The molecule has 7 nitrogen and oxygen atoms in total. The maximum absolute atomic E-state index is 11.2. The van der Waals surface area contributed by atoms with Crippen molar-refractivity contribution in [3.05, 3.63) is 54.7 Å². The summed E-state index contributed by atoms with van der Waals surface area (Å²) in [5.41, 5.74) is 1.83. The van der Waals surface area contributed by atoms with Gasteiger partial charge < -0.3 is 9.52 Å². The highest BCUT2D eigenvalue weighted by molar-refractivity contribution is 5.71. The summed E-state index contributed by atoms with van der Waals surface area (Å²) in [6.07, 6.45) is 6.98. The third-order valence-corrected chi connectivity index (χ3v) is 3.73. The Balaban J connectivity index is 1.46. The SMILES string of the molecule is O=C(O)C(CC#CCCCc1coc(-c2ccccc2)n1)n1nccn1. The van der Waals surface area contributed by atoms with E-state index in [9.17, 15) is 9.90 Å². The van der Waals surface area contributed by atoms with Gasteiger partial charge in [0.25, 0.3) is 0 Å². The van der Waals surface area contributed by atoms with Crippen LogP contribution in [-0.2, 0) is 11.2 Å². The maximum atomic E-state index is 11.2. The second kappa shape index (κ2) is 8.62. The zero-order valence-corrected chi connectivity index (χ0v) is 14.1. The summed E-state index contributed by atoms with van der Waals surface area (Å²) in [5, 5.41) is 16.9. The van der Waals surface area contributed by atoms with Crippen LogP contribution in [0.3, 0.4) is 0 Å². The summed E-state index contributed by atoms with van der Waals surface area (Å²) in [6, 6.07) is 8.88. The van der Waals surface area contributed by atoms with Gasteiger partial charge in [0.05, 0.1) is 18.1 Å². The summed E-state index contributed by atoms with van der Waals surface area (Å²) in [5.74, 6) is 5.52. The van der Waals surface area contributed by atoms with E-state index in [1.807, 2.05) is 30.3 Å². The minimum Gasteiger partial charge on any atom is -0.480 e. The van der Waals surface area contributed by atoms with Gasteiger partial charge in [-0.15, -0.1) is 11.8 Å². The number of nitrogens with zero attached hydrogens (tertiary/aromatic N) is 4. The standard InChI is InChI=1S/C19H18N4O3/c24-19(25)17(23-20-12-13-21-23)11-7-2-1-6-10-16-14-26-18(22-16)15-8-4-3-5-9-15/h3-5,8-9,12-14,17H,1,6,10-11H2,(H,24,25). The Morgan fingerprint density at radius 1 is 1.19 bits per heavy atom. The van der Waals surface area contributed by atoms with Crippen molar-refractivity contribution in [3.63, 3.8) is 0 Å². The van der Waals surface area contributed by atoms with Crippen molar-refractivity contribution in [2.24, 2.45) is 0 Å². The molecule has 0 aliphatic carbocycles. The average molecular weight is 350 g/mol. The Labute approximate surface area is 150 Å². The first-order valence-electron chi connectivity index (χ1n) is 8.28. The molecule has 0 saturated heterocycles. The van der Waals surface area contributed by atoms with Crippen molar-refractivity contribution >= 4 is 5.97 Å². The molecule has 2 heterocycles. The van der Waals surface area contributed by atoms with E-state index in [0.29, 0.717) is 12.3 Å². The molecule has 1 atom stereocenters. The topological polar surface area (TPSA) is 94.0 Å². The lowest BCUT2D eigenvalue weighted by atomic mass is 10.2. The van der Waals surface area contributed by atoms with Crippen LogP contribution in [0.15, 0.2) is 53.4 Å². The first kappa shape index (κ1) is 17.4. The van der Waals surface area contributed by atoms with Gasteiger partial charge in [-0.3, -0.25) is 0 Å². The maximum Gasteiger partial charge on any atom is 0.331 e. The predicted octanol–water partition coefficient (Wildman–Crippen LogP) is 2.98. The summed E-state index contributed by atoms with van der Waals surface area (Å²) in [4.78, 5) is 16.9. The van der Waals surface area contributed by atoms with Gasteiger partial charge in [0.2, 0.25) is 5.89 Å². The van der Waals surface area contributed by atoms with E-state index in [2.05, 4.69) is 27.0 Å². The van der Waals surface area contributed by atoms with Crippen molar-refractivity contribution in [3.8, 4) is 23.3 Å². The van der Waals surface area contributed by atoms with E-state index in [-0.39, 0.29) is 6.42 Å². The Kier molecular flexibility index (Phi) is 5.78. The number of oxazole rings is 1. The first-order valence-corrected chi connectivity index (χ1v) is 8.28. The Morgan fingerprint density at radius 3 is 2.69 bits per heavy atom. The monoisotopic (exact) mass is 350 g/mol. The number of aliphatic carboxylic acids is 1. The second-order valence-electron chi connectivity index (χ2n) is 5.62. The molecule has 3 rings (SSSR count). The van der Waals surface area contributed by atoms with Crippen molar-refractivity contribution in [1.29, 1.82) is 0 Å². The molecule has 0 bridgehead atoms. The Morgan fingerprint density at radius 2 is 1.96 bits per heavy atom. The fraction of sp³-hybridized carbons (Fsp3) is 0.263. The molecule has 0 amide bonds. The second-order valence-corrected chi connectivity index (χ2v) is 5.62. The minimum absolute atomic E-state index is 0.173. The Hall–Kier alpha value is -3.40. The fourth-order valence-corrected chi connectivity index (χ4v) is 2.40. The van der Waals surface area contributed by atoms with E-state index in [1.54, 1.807) is 6.26 Å². The van der Waals surface area contributed by atoms with E-state index < -0.39 is 12.0 Å². The van der Waals surface area contributed by atoms with Crippen molar-refractivity contribution in [2.75, 3.05) is 0 Å². The van der Waals surface area contributed by atoms with E-state index in [0.717, 1.165) is 28.9 Å². The predicted molar refractivity (Wildman–Crippen MR) is 94.0 cm³/mol. The molecular weight excluding hydrogens is 332 g/mol. The summed E-state index contributed by atoms with van der Waals surface area (Å²) < 4.78 is 5.50. The van der Waals surface area contributed by atoms with Crippen LogP contribution in [0.4, 0.5) is 0 Å². The summed E-state index contributed by atoms with van der Waals surface area (Å²) in [6.45, 7) is 0. The van der Waals surface area contributed by atoms with Crippen LogP contribution in [0.1, 0.15) is 31.0 Å². The van der Waals surface area contributed by atoms with E-state index in [4.69, 9.17) is 4.42 Å². The van der Waals surface area contributed by atoms with Crippen LogP contribution >= 0.6 is 0 Å². The highest BCUT2D eigenvalue weighted by Crippen LogP contribution is 2.18. The number of hydrogen-bond acceptors (Lipinski definition) is 5. The molecule has 132 valence electrons. The van der Waals surface area contributed by atoms with Crippen LogP contribution in [0, 0.1) is 11.8 Å². The molecule has 3 aromatic rings. The molecule has 26 heavy (non-hydrogen) atoms. The molecule has 0 aliphatic rings. The zero-order chi connectivity index (χ0) is 18.2. The van der Waals surface area contributed by atoms with Crippen molar-refractivity contribution < 1.29 is 14.3 Å². The average Bonchev–Trinajstić information content (AvgIpc) is 3.33. The molecule has 1 unspecified atom stereocenters. The number of hydrogen-bond donors (Lipinski definition) is 1. The van der Waals surface area contributed by atoms with Gasteiger partial charge in [-0.1, -0.05) is 18.2 Å². The normalized spacial score (nSPS) is 11.5. The highest BCUT2D eigenvalue weighted by atomic mass is 16.4. The summed E-state index contributed by atoms with van der Waals surface area (Å²) in [7, 11) is 0. The van der Waals surface area contributed by atoms with Crippen LogP contribution in [0.2, 0.25) is 0 Å². The van der Waals surface area contributed by atoms with Gasteiger partial charge in [0.1, 0.15) is 6.26 Å². The van der Waals surface area contributed by atoms with Gasteiger partial charge in [0.15, 0.2) is 6.04 Å². The van der Waals surface area contributed by atoms with Gasteiger partial charge in [-0.05, 0) is 25.0 Å². The van der Waals surface area contributed by atoms with Crippen LogP contribution in [0.5, 0.6) is 0 Å². The molecule has 0 saturated carbocycles. The van der Waals surface area contributed by atoms with Gasteiger partial charge >= 0.3 is 5.97 Å². The number of unbranched alkanes of at least 4 members (excludes halogenated alkanes) is 1. The third-order valence-electron chi connectivity index (χ3n) is 3.73. The quantitative estimate of drug-likeness (QED) is 0.520. The third kappa shape index (κ3) is 4.57. The number of benzene rings is 1. The van der Waals surface area contributed by atoms with E-state index >= 15 is 0 Å². The number of carboxylic acid groups (broad SMARTS) is 1. The molecule has 0 aliphatic heterocycles. The largest absolute Gasteiger partial charge is 0.480 e. The number of aryl methyl sites for hydroxylation is 1. The molecule has 0 spiro atoms. The van der Waals surface area contributed by atoms with Crippen LogP contribution < -0.4 is 0 Å². The van der Waals surface area contributed by atoms with Gasteiger partial charge in [-0.25, -0.2) is 9.78 Å². The lowest BCUT2D eigenvalue weighted by Crippen LogP contribution is -2.20. The lowest BCUT2D eigenvalue weighted by Gasteiger charge is -2.06. The number of rotatable bonds is 7. The van der Waals surface area contributed by atoms with Crippen molar-refractivity contribution in [2.45, 2.75) is 31.7 Å². The van der Waals surface area contributed by atoms with E-state index in [1.165, 1.54) is 12.4 Å². The first-order chi connectivity index (χ1) is 12.7. The van der Waals surface area contributed by atoms with Crippen LogP contribution in [0.25, 0.3) is 11.5 Å². The van der Waals surface area contributed by atoms with Gasteiger partial charge in [0, 0.05) is 18.4 Å². The number of carboxylic acids is 1. The Bertz CT molecular complexity index is 892. The van der Waals surface area contributed by atoms with Crippen LogP contribution in [-0.4, -0.2) is 31.1 Å². The molecular formula is C19H18N4O3. The van der Waals surface area contributed by atoms with Gasteiger partial charge in [-0.2, -0.15) is 15.0 Å². The molecule has 2 aromatic heterocycles. The molecule has 0 fully saturated rings. The minimum atomic E-state index is -0.994. The zero-order valence-electron chi connectivity index (χ0n) is 14.1. The molecule has 7 heteroatoms.